The van der Waals surface area contributed by atoms with E-state index in [4.69, 9.17) is 38.6 Å². The number of hydrogen-bond acceptors (Lipinski definition) is 8. The lowest BCUT2D eigenvalue weighted by Crippen LogP contribution is -2.37. The number of carbonyl (C=O) groups is 1. The van der Waals surface area contributed by atoms with E-state index in [2.05, 4.69) is 25.5 Å². The van der Waals surface area contributed by atoms with Gasteiger partial charge in [0.2, 0.25) is 0 Å². The van der Waals surface area contributed by atoms with Crippen molar-refractivity contribution in [1.29, 1.82) is 0 Å². The van der Waals surface area contributed by atoms with Crippen LogP contribution in [0, 0.1) is 0 Å². The summed E-state index contributed by atoms with van der Waals surface area (Å²) >= 11 is 12.6. The van der Waals surface area contributed by atoms with Gasteiger partial charge in [-0.2, -0.15) is 0 Å². The number of benzene rings is 2. The summed E-state index contributed by atoms with van der Waals surface area (Å²) in [6, 6.07) is 8.42. The Morgan fingerprint density at radius 1 is 1.30 bits per heavy atom. The van der Waals surface area contributed by atoms with Crippen molar-refractivity contribution in [2.45, 2.75) is 19.1 Å². The van der Waals surface area contributed by atoms with Crippen LogP contribution in [0.25, 0.3) is 16.7 Å². The van der Waals surface area contributed by atoms with Crippen LogP contribution in [0.2, 0.25) is 10.0 Å². The SMILES string of the molecule is Nc1noc2c(N3CC[C@@H](NC(=O)c4ccc(-n5cnc(CO)n5)cc4Cl)C3)cc(Cl)cc12. The molecule has 0 bridgehead atoms. The lowest BCUT2D eigenvalue weighted by molar-refractivity contribution is 0.0940. The smallest absolute Gasteiger partial charge is 0.253 e. The number of anilines is 2. The van der Waals surface area contributed by atoms with Crippen LogP contribution in [0.4, 0.5) is 11.5 Å². The average molecular weight is 488 g/mol. The first-order chi connectivity index (χ1) is 15.9. The molecular weight excluding hydrogens is 469 g/mol. The second-order valence-corrected chi connectivity index (χ2v) is 8.55. The summed E-state index contributed by atoms with van der Waals surface area (Å²) in [6.45, 7) is 1.01. The van der Waals surface area contributed by atoms with Crippen LogP contribution < -0.4 is 16.0 Å². The molecule has 0 spiro atoms. The highest BCUT2D eigenvalue weighted by atomic mass is 35.5. The molecule has 1 fully saturated rings. The number of nitrogens with zero attached hydrogens (tertiary/aromatic N) is 5. The lowest BCUT2D eigenvalue weighted by Gasteiger charge is -2.19. The second-order valence-electron chi connectivity index (χ2n) is 7.70. The van der Waals surface area contributed by atoms with E-state index in [0.29, 0.717) is 46.2 Å². The fourth-order valence-corrected chi connectivity index (χ4v) is 4.40. The molecule has 0 unspecified atom stereocenters. The van der Waals surface area contributed by atoms with E-state index in [9.17, 15) is 4.79 Å². The summed E-state index contributed by atoms with van der Waals surface area (Å²) in [6.07, 6.45) is 2.21. The molecule has 4 N–H and O–H groups in total. The van der Waals surface area contributed by atoms with Crippen LogP contribution >= 0.6 is 23.2 Å². The summed E-state index contributed by atoms with van der Waals surface area (Å²) in [7, 11) is 0. The van der Waals surface area contributed by atoms with Crippen LogP contribution in [0.5, 0.6) is 0 Å². The third-order valence-electron chi connectivity index (χ3n) is 5.55. The van der Waals surface area contributed by atoms with Crippen molar-refractivity contribution in [3.63, 3.8) is 0 Å². The summed E-state index contributed by atoms with van der Waals surface area (Å²) in [5, 5.41) is 21.6. The Morgan fingerprint density at radius 3 is 2.91 bits per heavy atom. The van der Waals surface area contributed by atoms with E-state index in [1.807, 2.05) is 0 Å². The van der Waals surface area contributed by atoms with Gasteiger partial charge in [0.25, 0.3) is 5.91 Å². The van der Waals surface area contributed by atoms with Crippen LogP contribution in [-0.4, -0.2) is 50.1 Å². The van der Waals surface area contributed by atoms with E-state index >= 15 is 0 Å². The number of aromatic nitrogens is 4. The topological polar surface area (TPSA) is 135 Å². The number of hydrogen-bond donors (Lipinski definition) is 3. The average Bonchev–Trinajstić information content (AvgIpc) is 3.54. The maximum atomic E-state index is 12.9. The number of amides is 1. The Balaban J connectivity index is 1.29. The first kappa shape index (κ1) is 21.5. The highest BCUT2D eigenvalue weighted by Crippen LogP contribution is 2.35. The molecule has 0 aliphatic carbocycles. The molecule has 12 heteroatoms. The van der Waals surface area contributed by atoms with Gasteiger partial charge in [-0.25, -0.2) is 9.67 Å². The first-order valence-electron chi connectivity index (χ1n) is 10.1. The fraction of sp³-hybridized carbons (Fsp3) is 0.238. The number of aliphatic hydroxyl groups is 1. The minimum Gasteiger partial charge on any atom is -0.388 e. The van der Waals surface area contributed by atoms with Gasteiger partial charge in [-0.15, -0.1) is 5.10 Å². The number of nitrogen functional groups attached to an aromatic ring is 1. The molecule has 1 amide bonds. The van der Waals surface area contributed by atoms with Gasteiger partial charge in [-0.1, -0.05) is 28.4 Å². The van der Waals surface area contributed by atoms with E-state index in [1.165, 1.54) is 11.0 Å². The Labute approximate surface area is 197 Å². The van der Waals surface area contributed by atoms with E-state index in [0.717, 1.165) is 12.1 Å². The van der Waals surface area contributed by atoms with Gasteiger partial charge in [-0.05, 0) is 36.8 Å². The number of fused-ring (bicyclic) bond motifs is 1. The quantitative estimate of drug-likeness (QED) is 0.390. The molecule has 0 radical (unpaired) electrons. The van der Waals surface area contributed by atoms with E-state index in [1.54, 1.807) is 30.3 Å². The largest absolute Gasteiger partial charge is 0.388 e. The Kier molecular flexibility index (Phi) is 5.57. The van der Waals surface area contributed by atoms with Gasteiger partial charge in [0.1, 0.15) is 12.9 Å². The minimum absolute atomic E-state index is 0.0926. The minimum atomic E-state index is -0.270. The molecule has 0 saturated carbocycles. The Bertz CT molecular complexity index is 1350. The van der Waals surface area contributed by atoms with Gasteiger partial charge < -0.3 is 25.6 Å². The maximum absolute atomic E-state index is 12.9. The van der Waals surface area contributed by atoms with Gasteiger partial charge in [0.15, 0.2) is 17.2 Å². The zero-order chi connectivity index (χ0) is 23.1. The number of halogens is 2. The first-order valence-corrected chi connectivity index (χ1v) is 10.9. The van der Waals surface area contributed by atoms with Gasteiger partial charge >= 0.3 is 0 Å². The highest BCUT2D eigenvalue weighted by molar-refractivity contribution is 6.34. The molecule has 33 heavy (non-hydrogen) atoms. The predicted octanol–water partition coefficient (Wildman–Crippen LogP) is 2.80. The number of rotatable bonds is 5. The predicted molar refractivity (Wildman–Crippen MR) is 124 cm³/mol. The molecule has 1 saturated heterocycles. The van der Waals surface area contributed by atoms with Gasteiger partial charge in [0, 0.05) is 24.2 Å². The number of nitrogens with two attached hydrogens (primary N) is 1. The molecule has 1 atom stereocenters. The highest BCUT2D eigenvalue weighted by Gasteiger charge is 2.28. The zero-order valence-electron chi connectivity index (χ0n) is 17.2. The van der Waals surface area contributed by atoms with Crippen LogP contribution in [-0.2, 0) is 6.61 Å². The third kappa shape index (κ3) is 4.08. The molecular formula is C21H19Cl2N7O3. The molecule has 3 heterocycles. The Morgan fingerprint density at radius 2 is 2.15 bits per heavy atom. The van der Waals surface area contributed by atoms with Crippen molar-refractivity contribution in [1.82, 2.24) is 25.2 Å². The van der Waals surface area contributed by atoms with Crippen molar-refractivity contribution in [3.05, 3.63) is 58.1 Å². The lowest BCUT2D eigenvalue weighted by atomic mass is 10.1. The Hall–Kier alpha value is -3.34. The van der Waals surface area contributed by atoms with Gasteiger partial charge in [-0.3, -0.25) is 4.79 Å². The second kappa shape index (κ2) is 8.54. The van der Waals surface area contributed by atoms with Crippen molar-refractivity contribution < 1.29 is 14.4 Å². The van der Waals surface area contributed by atoms with Crippen LogP contribution in [0.3, 0.4) is 0 Å². The monoisotopic (exact) mass is 487 g/mol. The molecule has 10 nitrogen and oxygen atoms in total. The molecule has 2 aromatic carbocycles. The van der Waals surface area contributed by atoms with Crippen LogP contribution in [0.1, 0.15) is 22.6 Å². The van der Waals surface area contributed by atoms with Gasteiger partial charge in [0.05, 0.1) is 27.3 Å². The van der Waals surface area contributed by atoms with Crippen molar-refractivity contribution in [2.75, 3.05) is 23.7 Å². The number of nitrogens with one attached hydrogen (secondary N) is 1. The normalized spacial score (nSPS) is 16.0. The van der Waals surface area contributed by atoms with Crippen LogP contribution in [0.15, 0.2) is 41.2 Å². The number of carbonyl (C=O) groups excluding carboxylic acids is 1. The van der Waals surface area contributed by atoms with E-state index in [-0.39, 0.29) is 29.4 Å². The number of aliphatic hydroxyl groups excluding tert-OH is 1. The standard InChI is InChI=1S/C21H19Cl2N7O3/c22-11-5-15-19(33-28-20(15)24)17(6-11)29-4-3-12(8-29)26-21(32)14-2-1-13(7-16(14)23)30-10-25-18(9-31)27-30/h1-2,5-7,10,12,31H,3-4,8-9H2,(H2,24,28)(H,26,32)/t12-/m1/s1. The molecule has 1 aliphatic heterocycles. The molecule has 5 rings (SSSR count). The summed E-state index contributed by atoms with van der Waals surface area (Å²) < 4.78 is 6.88. The molecule has 1 aliphatic rings. The molecule has 170 valence electrons. The summed E-state index contributed by atoms with van der Waals surface area (Å²) in [5.41, 5.74) is 8.21. The van der Waals surface area contributed by atoms with Crippen molar-refractivity contribution in [2.24, 2.45) is 0 Å². The third-order valence-corrected chi connectivity index (χ3v) is 6.08. The van der Waals surface area contributed by atoms with Crippen molar-refractivity contribution in [3.8, 4) is 5.69 Å². The summed E-state index contributed by atoms with van der Waals surface area (Å²) in [4.78, 5) is 18.9. The van der Waals surface area contributed by atoms with Crippen molar-refractivity contribution >= 4 is 51.6 Å². The zero-order valence-corrected chi connectivity index (χ0v) is 18.7. The molecule has 4 aromatic rings. The van der Waals surface area contributed by atoms with E-state index < -0.39 is 0 Å². The fourth-order valence-electron chi connectivity index (χ4n) is 3.93. The molecule has 2 aromatic heterocycles. The summed E-state index contributed by atoms with van der Waals surface area (Å²) in [5.74, 6) is 0.311. The maximum Gasteiger partial charge on any atom is 0.253 e.